The molecule has 2 N–H and O–H groups in total. The maximum atomic E-state index is 13.6. The van der Waals surface area contributed by atoms with Crippen LogP contribution in [0.25, 0.3) is 22.3 Å². The minimum absolute atomic E-state index is 0.0562. The number of benzene rings is 1. The number of esters is 1. The van der Waals surface area contributed by atoms with E-state index >= 15 is 0 Å². The maximum Gasteiger partial charge on any atom is 0.343 e. The summed E-state index contributed by atoms with van der Waals surface area (Å²) in [5, 5.41) is 21.5. The number of hydrogen-bond acceptors (Lipinski definition) is 9. The van der Waals surface area contributed by atoms with Gasteiger partial charge >= 0.3 is 5.97 Å². The fourth-order valence-corrected chi connectivity index (χ4v) is 5.82. The number of rotatable bonds is 7. The molecule has 1 amide bonds. The molecule has 204 valence electrons. The van der Waals surface area contributed by atoms with Crippen LogP contribution in [0.1, 0.15) is 48.9 Å². The van der Waals surface area contributed by atoms with Gasteiger partial charge < -0.3 is 33.9 Å². The van der Waals surface area contributed by atoms with Crippen molar-refractivity contribution < 1.29 is 34.0 Å². The lowest BCUT2D eigenvalue weighted by molar-refractivity contribution is -0.172. The molecule has 1 atom stereocenters. The molecule has 11 nitrogen and oxygen atoms in total. The van der Waals surface area contributed by atoms with Crippen LogP contribution in [0.3, 0.4) is 0 Å². The van der Waals surface area contributed by atoms with Crippen LogP contribution in [0.15, 0.2) is 23.0 Å². The Kier molecular flexibility index (Phi) is 6.07. The fraction of sp³-hybridized carbons (Fsp3) is 0.429. The van der Waals surface area contributed by atoms with Crippen LogP contribution < -0.4 is 15.0 Å². The largest absolute Gasteiger partial charge is 0.458 e. The number of nitrogens with zero attached hydrogens (tertiary/aromatic N) is 3. The molecule has 3 aliphatic heterocycles. The molecule has 2 aromatic heterocycles. The first-order valence-corrected chi connectivity index (χ1v) is 13.1. The van der Waals surface area contributed by atoms with Crippen molar-refractivity contribution >= 4 is 22.8 Å². The highest BCUT2D eigenvalue weighted by Crippen LogP contribution is 2.43. The van der Waals surface area contributed by atoms with Gasteiger partial charge in [-0.2, -0.15) is 0 Å². The van der Waals surface area contributed by atoms with Crippen LogP contribution >= 0.6 is 0 Å². The molecule has 3 aromatic rings. The molecule has 39 heavy (non-hydrogen) atoms. The van der Waals surface area contributed by atoms with Crippen LogP contribution in [0, 0.1) is 0 Å². The van der Waals surface area contributed by atoms with E-state index in [4.69, 9.17) is 19.2 Å². The number of carbonyl (C=O) groups excluding carboxylic acids is 2. The number of carbonyl (C=O) groups is 2. The van der Waals surface area contributed by atoms with Crippen molar-refractivity contribution in [1.82, 2.24) is 14.5 Å². The van der Waals surface area contributed by atoms with Crippen molar-refractivity contribution in [2.45, 2.75) is 51.9 Å². The Morgan fingerprint density at radius 3 is 2.59 bits per heavy atom. The molecule has 6 rings (SSSR count). The van der Waals surface area contributed by atoms with Crippen molar-refractivity contribution in [3.63, 3.8) is 0 Å². The molecule has 0 saturated heterocycles. The average molecular weight is 536 g/mol. The van der Waals surface area contributed by atoms with E-state index in [-0.39, 0.29) is 49.0 Å². The predicted molar refractivity (Wildman–Crippen MR) is 138 cm³/mol. The Bertz CT molecular complexity index is 1600. The molecule has 0 bridgehead atoms. The SMILES string of the molecule is CCCN(CCc1c2c(nc3cc4c(cc13)OCO4)-c1cc3c(c(=O)n1C2)COC(=O)[C@]3(O)CC)C(=O)CO. The number of pyridine rings is 2. The molecule has 0 unspecified atom stereocenters. The Labute approximate surface area is 223 Å². The van der Waals surface area contributed by atoms with Gasteiger partial charge in [0.25, 0.3) is 5.56 Å². The smallest absolute Gasteiger partial charge is 0.343 e. The lowest BCUT2D eigenvalue weighted by Gasteiger charge is -2.31. The van der Waals surface area contributed by atoms with Gasteiger partial charge in [0.15, 0.2) is 17.1 Å². The lowest BCUT2D eigenvalue weighted by Crippen LogP contribution is -2.44. The van der Waals surface area contributed by atoms with Crippen LogP contribution in [0.2, 0.25) is 0 Å². The summed E-state index contributed by atoms with van der Waals surface area (Å²) >= 11 is 0. The van der Waals surface area contributed by atoms with E-state index in [9.17, 15) is 24.6 Å². The average Bonchev–Trinajstić information content (AvgIpc) is 3.55. The van der Waals surface area contributed by atoms with E-state index in [0.717, 1.165) is 22.9 Å². The van der Waals surface area contributed by atoms with Gasteiger partial charge in [-0.05, 0) is 37.0 Å². The number of aromatic nitrogens is 2. The zero-order valence-corrected chi connectivity index (χ0v) is 21.8. The number of fused-ring (bicyclic) bond motifs is 6. The van der Waals surface area contributed by atoms with Crippen LogP contribution in [0.5, 0.6) is 11.5 Å². The number of hydrogen-bond donors (Lipinski definition) is 2. The molecule has 11 heteroatoms. The highest BCUT2D eigenvalue weighted by Gasteiger charge is 2.45. The van der Waals surface area contributed by atoms with Crippen LogP contribution in [-0.4, -0.2) is 63.0 Å². The number of ether oxygens (including phenoxy) is 3. The van der Waals surface area contributed by atoms with Gasteiger partial charge in [-0.1, -0.05) is 13.8 Å². The second kappa shape index (κ2) is 9.35. The Morgan fingerprint density at radius 2 is 1.87 bits per heavy atom. The molecule has 0 spiro atoms. The summed E-state index contributed by atoms with van der Waals surface area (Å²) in [4.78, 5) is 45.1. The number of aliphatic hydroxyl groups excluding tert-OH is 1. The summed E-state index contributed by atoms with van der Waals surface area (Å²) in [6.07, 6.45) is 1.25. The number of cyclic esters (lactones) is 1. The van der Waals surface area contributed by atoms with Gasteiger partial charge in [0.1, 0.15) is 13.2 Å². The summed E-state index contributed by atoms with van der Waals surface area (Å²) in [6.45, 7) is 4.08. The summed E-state index contributed by atoms with van der Waals surface area (Å²) in [7, 11) is 0. The van der Waals surface area contributed by atoms with E-state index < -0.39 is 18.2 Å². The first-order valence-electron chi connectivity index (χ1n) is 13.1. The quantitative estimate of drug-likeness (QED) is 0.338. The van der Waals surface area contributed by atoms with Gasteiger partial charge in [-0.3, -0.25) is 9.59 Å². The molecule has 0 aliphatic carbocycles. The summed E-state index contributed by atoms with van der Waals surface area (Å²) in [5.41, 5.74) is 1.69. The normalized spacial score (nSPS) is 18.5. The lowest BCUT2D eigenvalue weighted by atomic mass is 9.86. The zero-order chi connectivity index (χ0) is 27.5. The van der Waals surface area contributed by atoms with Crippen molar-refractivity contribution in [3.05, 3.63) is 50.8 Å². The van der Waals surface area contributed by atoms with Gasteiger partial charge in [0.05, 0.1) is 29.0 Å². The monoisotopic (exact) mass is 535 g/mol. The molecule has 0 saturated carbocycles. The summed E-state index contributed by atoms with van der Waals surface area (Å²) in [5.74, 6) is 0.0340. The second-order valence-corrected chi connectivity index (χ2v) is 10.0. The van der Waals surface area contributed by atoms with Crippen LogP contribution in [-0.2, 0) is 39.5 Å². The maximum absolute atomic E-state index is 13.6. The Balaban J connectivity index is 1.54. The van der Waals surface area contributed by atoms with Gasteiger partial charge in [0, 0.05) is 35.7 Å². The van der Waals surface area contributed by atoms with Gasteiger partial charge in [-0.25, -0.2) is 9.78 Å². The van der Waals surface area contributed by atoms with E-state index in [1.807, 2.05) is 13.0 Å². The third-order valence-electron chi connectivity index (χ3n) is 7.91. The minimum Gasteiger partial charge on any atom is -0.458 e. The molecule has 5 heterocycles. The highest BCUT2D eigenvalue weighted by atomic mass is 16.7. The molecule has 0 radical (unpaired) electrons. The van der Waals surface area contributed by atoms with Crippen molar-refractivity contribution in [2.24, 2.45) is 0 Å². The van der Waals surface area contributed by atoms with E-state index in [1.165, 1.54) is 0 Å². The molecule has 1 aromatic carbocycles. The molecular formula is C28H29N3O8. The minimum atomic E-state index is -1.91. The summed E-state index contributed by atoms with van der Waals surface area (Å²) in [6, 6.07) is 5.35. The second-order valence-electron chi connectivity index (χ2n) is 10.0. The third-order valence-corrected chi connectivity index (χ3v) is 7.91. The Morgan fingerprint density at radius 1 is 1.10 bits per heavy atom. The van der Waals surface area contributed by atoms with Crippen LogP contribution in [0.4, 0.5) is 0 Å². The Hall–Kier alpha value is -3.96. The van der Waals surface area contributed by atoms with Gasteiger partial charge in [0.2, 0.25) is 12.7 Å². The zero-order valence-electron chi connectivity index (χ0n) is 21.8. The van der Waals surface area contributed by atoms with Crippen molar-refractivity contribution in [2.75, 3.05) is 26.5 Å². The first-order chi connectivity index (χ1) is 18.8. The third kappa shape index (κ3) is 3.79. The van der Waals surface area contributed by atoms with Crippen molar-refractivity contribution in [1.29, 1.82) is 0 Å². The topological polar surface area (TPSA) is 140 Å². The number of amides is 1. The summed E-state index contributed by atoms with van der Waals surface area (Å²) < 4.78 is 18.0. The molecular weight excluding hydrogens is 506 g/mol. The van der Waals surface area contributed by atoms with E-state index in [0.29, 0.717) is 47.9 Å². The highest BCUT2D eigenvalue weighted by molar-refractivity contribution is 5.91. The van der Waals surface area contributed by atoms with E-state index in [1.54, 1.807) is 28.5 Å². The van der Waals surface area contributed by atoms with Gasteiger partial charge in [-0.15, -0.1) is 0 Å². The molecule has 3 aliphatic rings. The van der Waals surface area contributed by atoms with E-state index in [2.05, 4.69) is 0 Å². The first kappa shape index (κ1) is 25.3. The van der Waals surface area contributed by atoms with Crippen molar-refractivity contribution in [3.8, 4) is 22.9 Å². The predicted octanol–water partition coefficient (Wildman–Crippen LogP) is 1.58. The molecule has 0 fully saturated rings. The standard InChI is InChI=1S/C28H29N3O8/c1-3-6-30(24(33)12-32)7-5-15-16-8-22-23(39-14-38-22)10-20(16)29-25-17(15)11-31-21(25)9-19-18(26(31)34)13-37-27(35)28(19,36)4-2/h8-10,32,36H,3-7,11-14H2,1-2H3/t28-/m0/s1. The number of aliphatic hydroxyl groups is 2. The fourth-order valence-electron chi connectivity index (χ4n) is 5.82.